The van der Waals surface area contributed by atoms with E-state index in [1.54, 1.807) is 0 Å². The van der Waals surface area contributed by atoms with Gasteiger partial charge in [0, 0.05) is 35.9 Å². The second-order valence-electron chi connectivity index (χ2n) is 5.68. The van der Waals surface area contributed by atoms with Crippen LogP contribution in [-0.4, -0.2) is 35.6 Å². The van der Waals surface area contributed by atoms with Crippen molar-refractivity contribution in [3.8, 4) is 6.07 Å². The highest BCUT2D eigenvalue weighted by Crippen LogP contribution is 2.25. The summed E-state index contributed by atoms with van der Waals surface area (Å²) in [6, 6.07) is 13.1. The van der Waals surface area contributed by atoms with Gasteiger partial charge in [-0.2, -0.15) is 5.26 Å². The lowest BCUT2D eigenvalue weighted by Gasteiger charge is -2.31. The predicted molar refractivity (Wildman–Crippen MR) is 85.2 cm³/mol. The normalized spacial score (nSPS) is 16.8. The number of piperidine rings is 1. The molecule has 4 heteroatoms. The molecule has 0 spiro atoms. The maximum Gasteiger partial charge on any atom is 0.0866 e. The molecule has 0 unspecified atom stereocenters. The monoisotopic (exact) mass is 280 g/mol. The number of hydrogen-bond acceptors (Lipinski definition) is 4. The Morgan fingerprint density at radius 3 is 2.86 bits per heavy atom. The minimum Gasteiger partial charge on any atom is -0.382 e. The fraction of sp³-hybridized carbons (Fsp3) is 0.412. The van der Waals surface area contributed by atoms with E-state index in [2.05, 4.69) is 45.5 Å². The summed E-state index contributed by atoms with van der Waals surface area (Å²) in [7, 11) is 0. The number of rotatable bonds is 3. The summed E-state index contributed by atoms with van der Waals surface area (Å²) in [5.41, 5.74) is 3.26. The summed E-state index contributed by atoms with van der Waals surface area (Å²) in [6.07, 6.45) is 2.16. The molecule has 1 aliphatic heterocycles. The molecule has 2 heterocycles. The first-order chi connectivity index (χ1) is 10.3. The SMILES string of the molecule is Cc1cc(NC2CCN(CC#N)CC2)c2ccccc2n1. The van der Waals surface area contributed by atoms with Crippen molar-refractivity contribution in [2.24, 2.45) is 0 Å². The van der Waals surface area contributed by atoms with Crippen molar-refractivity contribution < 1.29 is 0 Å². The minimum absolute atomic E-state index is 0.477. The van der Waals surface area contributed by atoms with Crippen molar-refractivity contribution in [2.45, 2.75) is 25.8 Å². The van der Waals surface area contributed by atoms with E-state index in [1.165, 1.54) is 11.1 Å². The molecule has 3 rings (SSSR count). The third kappa shape index (κ3) is 3.14. The number of likely N-dealkylation sites (tertiary alicyclic amines) is 1. The number of para-hydroxylation sites is 1. The molecule has 2 aromatic rings. The van der Waals surface area contributed by atoms with E-state index in [0.717, 1.165) is 37.1 Å². The van der Waals surface area contributed by atoms with Crippen LogP contribution in [0.3, 0.4) is 0 Å². The zero-order valence-electron chi connectivity index (χ0n) is 12.3. The molecule has 0 aliphatic carbocycles. The number of fused-ring (bicyclic) bond motifs is 1. The van der Waals surface area contributed by atoms with Crippen molar-refractivity contribution in [2.75, 3.05) is 25.0 Å². The van der Waals surface area contributed by atoms with Gasteiger partial charge in [0.2, 0.25) is 0 Å². The molecule has 0 radical (unpaired) electrons. The van der Waals surface area contributed by atoms with Crippen LogP contribution in [0.4, 0.5) is 5.69 Å². The highest BCUT2D eigenvalue weighted by atomic mass is 15.1. The smallest absolute Gasteiger partial charge is 0.0866 e. The van der Waals surface area contributed by atoms with E-state index < -0.39 is 0 Å². The molecule has 0 amide bonds. The van der Waals surface area contributed by atoms with Gasteiger partial charge in [-0.3, -0.25) is 9.88 Å². The van der Waals surface area contributed by atoms with Crippen LogP contribution in [0, 0.1) is 18.3 Å². The summed E-state index contributed by atoms with van der Waals surface area (Å²) < 4.78 is 0. The van der Waals surface area contributed by atoms with E-state index in [9.17, 15) is 0 Å². The van der Waals surface area contributed by atoms with Crippen LogP contribution in [0.5, 0.6) is 0 Å². The molecule has 21 heavy (non-hydrogen) atoms. The van der Waals surface area contributed by atoms with Gasteiger partial charge in [0.15, 0.2) is 0 Å². The standard InChI is InChI=1S/C17H20N4/c1-13-12-17(15-4-2-3-5-16(15)19-13)20-14-6-9-21(10-7-14)11-8-18/h2-5,12,14H,6-7,9-11H2,1H3,(H,19,20). The molecule has 1 fully saturated rings. The summed E-state index contributed by atoms with van der Waals surface area (Å²) in [4.78, 5) is 6.80. The predicted octanol–water partition coefficient (Wildman–Crippen LogP) is 2.94. The lowest BCUT2D eigenvalue weighted by Crippen LogP contribution is -2.39. The Kier molecular flexibility index (Phi) is 4.03. The minimum atomic E-state index is 0.477. The molecule has 0 bridgehead atoms. The van der Waals surface area contributed by atoms with Crippen LogP contribution in [0.25, 0.3) is 10.9 Å². The van der Waals surface area contributed by atoms with Crippen LogP contribution in [-0.2, 0) is 0 Å². The van der Waals surface area contributed by atoms with Crippen LogP contribution >= 0.6 is 0 Å². The lowest BCUT2D eigenvalue weighted by atomic mass is 10.0. The van der Waals surface area contributed by atoms with Crippen molar-refractivity contribution in [1.82, 2.24) is 9.88 Å². The molecular weight excluding hydrogens is 260 g/mol. The van der Waals surface area contributed by atoms with Crippen molar-refractivity contribution in [1.29, 1.82) is 5.26 Å². The first-order valence-electron chi connectivity index (χ1n) is 7.48. The van der Waals surface area contributed by atoms with Gasteiger partial charge in [0.25, 0.3) is 0 Å². The van der Waals surface area contributed by atoms with Crippen LogP contribution in [0.15, 0.2) is 30.3 Å². The Bertz CT molecular complexity index is 666. The van der Waals surface area contributed by atoms with Gasteiger partial charge in [-0.15, -0.1) is 0 Å². The molecule has 1 aliphatic rings. The number of anilines is 1. The largest absolute Gasteiger partial charge is 0.382 e. The van der Waals surface area contributed by atoms with Gasteiger partial charge >= 0.3 is 0 Å². The first kappa shape index (κ1) is 13.8. The van der Waals surface area contributed by atoms with Gasteiger partial charge in [-0.05, 0) is 31.9 Å². The second-order valence-corrected chi connectivity index (χ2v) is 5.68. The molecule has 108 valence electrons. The van der Waals surface area contributed by atoms with E-state index >= 15 is 0 Å². The van der Waals surface area contributed by atoms with Crippen LogP contribution in [0.1, 0.15) is 18.5 Å². The van der Waals surface area contributed by atoms with Gasteiger partial charge in [-0.25, -0.2) is 0 Å². The Morgan fingerprint density at radius 2 is 2.10 bits per heavy atom. The summed E-state index contributed by atoms with van der Waals surface area (Å²) >= 11 is 0. The quantitative estimate of drug-likeness (QED) is 0.878. The molecule has 1 N–H and O–H groups in total. The van der Waals surface area contributed by atoms with E-state index in [-0.39, 0.29) is 0 Å². The third-order valence-electron chi connectivity index (χ3n) is 4.09. The van der Waals surface area contributed by atoms with Crippen molar-refractivity contribution in [3.63, 3.8) is 0 Å². The number of nitrogens with zero attached hydrogens (tertiary/aromatic N) is 3. The maximum atomic E-state index is 8.75. The van der Waals surface area contributed by atoms with Crippen LogP contribution in [0.2, 0.25) is 0 Å². The summed E-state index contributed by atoms with van der Waals surface area (Å²) in [6.45, 7) is 4.57. The molecule has 4 nitrogen and oxygen atoms in total. The Morgan fingerprint density at radius 1 is 1.33 bits per heavy atom. The zero-order chi connectivity index (χ0) is 14.7. The first-order valence-corrected chi connectivity index (χ1v) is 7.48. The number of benzene rings is 1. The fourth-order valence-electron chi connectivity index (χ4n) is 2.98. The summed E-state index contributed by atoms with van der Waals surface area (Å²) in [5.74, 6) is 0. The number of aromatic nitrogens is 1. The average Bonchev–Trinajstić information content (AvgIpc) is 2.49. The second kappa shape index (κ2) is 6.11. The Hall–Kier alpha value is -2.12. The number of nitriles is 1. The average molecular weight is 280 g/mol. The number of pyridine rings is 1. The molecular formula is C17H20N4. The number of nitrogens with one attached hydrogen (secondary N) is 1. The lowest BCUT2D eigenvalue weighted by molar-refractivity contribution is 0.242. The molecule has 1 aromatic carbocycles. The molecule has 0 atom stereocenters. The van der Waals surface area contributed by atoms with Gasteiger partial charge in [0.1, 0.15) is 0 Å². The van der Waals surface area contributed by atoms with E-state index in [1.807, 2.05) is 13.0 Å². The van der Waals surface area contributed by atoms with E-state index in [4.69, 9.17) is 5.26 Å². The van der Waals surface area contributed by atoms with Crippen molar-refractivity contribution >= 4 is 16.6 Å². The highest BCUT2D eigenvalue weighted by Gasteiger charge is 2.19. The van der Waals surface area contributed by atoms with E-state index in [0.29, 0.717) is 12.6 Å². The Labute approximate surface area is 125 Å². The number of hydrogen-bond donors (Lipinski definition) is 1. The molecule has 1 saturated heterocycles. The molecule has 0 saturated carbocycles. The van der Waals surface area contributed by atoms with Crippen molar-refractivity contribution in [3.05, 3.63) is 36.0 Å². The molecule has 1 aromatic heterocycles. The summed E-state index contributed by atoms with van der Waals surface area (Å²) in [5, 5.41) is 13.6. The number of aryl methyl sites for hydroxylation is 1. The van der Waals surface area contributed by atoms with Gasteiger partial charge < -0.3 is 5.32 Å². The fourth-order valence-corrected chi connectivity index (χ4v) is 2.98. The van der Waals surface area contributed by atoms with Gasteiger partial charge in [0.05, 0.1) is 18.1 Å². The highest BCUT2D eigenvalue weighted by molar-refractivity contribution is 5.91. The maximum absolute atomic E-state index is 8.75. The van der Waals surface area contributed by atoms with Crippen LogP contribution < -0.4 is 5.32 Å². The topological polar surface area (TPSA) is 52.0 Å². The van der Waals surface area contributed by atoms with Gasteiger partial charge in [-0.1, -0.05) is 18.2 Å². The Balaban J connectivity index is 1.75. The zero-order valence-corrected chi connectivity index (χ0v) is 12.3. The third-order valence-corrected chi connectivity index (χ3v) is 4.09.